The first-order valence-corrected chi connectivity index (χ1v) is 6.09. The molecule has 2 rings (SSSR count). The van der Waals surface area contributed by atoms with E-state index in [2.05, 4.69) is 4.99 Å². The maximum atomic E-state index is 12.6. The molecule has 0 fully saturated rings. The predicted molar refractivity (Wildman–Crippen MR) is 66.0 cm³/mol. The van der Waals surface area contributed by atoms with Crippen LogP contribution >= 0.6 is 0 Å². The summed E-state index contributed by atoms with van der Waals surface area (Å²) >= 11 is 0. The summed E-state index contributed by atoms with van der Waals surface area (Å²) in [7, 11) is 0. The van der Waals surface area contributed by atoms with Crippen molar-refractivity contribution in [2.24, 2.45) is 10.7 Å². The molecular weight excluding hydrogens is 257 g/mol. The van der Waals surface area contributed by atoms with Gasteiger partial charge in [0.2, 0.25) is 5.90 Å². The number of aliphatic imine (C=N–C) groups is 1. The molecule has 6 heteroatoms. The summed E-state index contributed by atoms with van der Waals surface area (Å²) in [6.07, 6.45) is -2.85. The lowest BCUT2D eigenvalue weighted by atomic mass is 10.1. The van der Waals surface area contributed by atoms with Crippen LogP contribution in [0.3, 0.4) is 0 Å². The number of hydrogen-bond acceptors (Lipinski definition) is 3. The van der Waals surface area contributed by atoms with E-state index in [4.69, 9.17) is 10.5 Å². The molecule has 0 bridgehead atoms. The van der Waals surface area contributed by atoms with Crippen LogP contribution in [0.4, 0.5) is 13.2 Å². The topological polar surface area (TPSA) is 47.6 Å². The lowest BCUT2D eigenvalue weighted by Crippen LogP contribution is -2.15. The van der Waals surface area contributed by atoms with Crippen molar-refractivity contribution in [1.29, 1.82) is 0 Å². The molecule has 1 aliphatic heterocycles. The monoisotopic (exact) mass is 272 g/mol. The molecule has 104 valence electrons. The van der Waals surface area contributed by atoms with E-state index >= 15 is 0 Å². The molecule has 0 saturated carbocycles. The van der Waals surface area contributed by atoms with Crippen LogP contribution in [0.2, 0.25) is 0 Å². The fourth-order valence-corrected chi connectivity index (χ4v) is 1.90. The molecule has 0 amide bonds. The molecule has 0 spiro atoms. The van der Waals surface area contributed by atoms with Gasteiger partial charge in [-0.3, -0.25) is 0 Å². The van der Waals surface area contributed by atoms with Crippen LogP contribution < -0.4 is 5.73 Å². The van der Waals surface area contributed by atoms with Gasteiger partial charge in [-0.05, 0) is 37.6 Å². The summed E-state index contributed by atoms with van der Waals surface area (Å²) in [5, 5.41) is 0. The number of rotatable bonds is 4. The normalized spacial score (nSPS) is 19.2. The summed E-state index contributed by atoms with van der Waals surface area (Å²) in [5.74, 6) is 0.285. The van der Waals surface area contributed by atoms with Gasteiger partial charge in [-0.25, -0.2) is 4.99 Å². The summed E-state index contributed by atoms with van der Waals surface area (Å²) < 4.78 is 43.4. The first-order chi connectivity index (χ1) is 9.00. The van der Waals surface area contributed by atoms with Crippen molar-refractivity contribution in [3.8, 4) is 0 Å². The minimum atomic E-state index is -4.35. The smallest absolute Gasteiger partial charge is 0.416 e. The highest BCUT2D eigenvalue weighted by Crippen LogP contribution is 2.30. The average molecular weight is 272 g/mol. The zero-order valence-electron chi connectivity index (χ0n) is 10.3. The van der Waals surface area contributed by atoms with Crippen molar-refractivity contribution in [3.63, 3.8) is 0 Å². The minimum absolute atomic E-state index is 0.0758. The van der Waals surface area contributed by atoms with E-state index in [1.54, 1.807) is 6.07 Å². The molecule has 0 radical (unpaired) electrons. The molecule has 19 heavy (non-hydrogen) atoms. The lowest BCUT2D eigenvalue weighted by Gasteiger charge is -2.12. The van der Waals surface area contributed by atoms with Gasteiger partial charge in [0.25, 0.3) is 0 Å². The maximum absolute atomic E-state index is 12.6. The van der Waals surface area contributed by atoms with Crippen molar-refractivity contribution in [3.05, 3.63) is 35.4 Å². The third kappa shape index (κ3) is 3.47. The van der Waals surface area contributed by atoms with Gasteiger partial charge in [-0.1, -0.05) is 6.07 Å². The molecule has 2 N–H and O–H groups in total. The van der Waals surface area contributed by atoms with Gasteiger partial charge in [0.05, 0.1) is 12.1 Å². The molecule has 1 aromatic rings. The Labute approximate surface area is 109 Å². The lowest BCUT2D eigenvalue weighted by molar-refractivity contribution is -0.137. The van der Waals surface area contributed by atoms with Crippen molar-refractivity contribution in [2.45, 2.75) is 25.1 Å². The van der Waals surface area contributed by atoms with Crippen molar-refractivity contribution >= 4 is 5.90 Å². The van der Waals surface area contributed by atoms with Gasteiger partial charge in [-0.15, -0.1) is 0 Å². The van der Waals surface area contributed by atoms with Crippen molar-refractivity contribution < 1.29 is 17.9 Å². The highest BCUT2D eigenvalue weighted by atomic mass is 19.4. The standard InChI is InChI=1S/C13H15F3N2O/c14-13(15,16)10-4-1-3-9(7-10)12-18-8-11(19-12)5-2-6-17/h1,3-4,7,11H,2,5-6,8,17H2. The van der Waals surface area contributed by atoms with Crippen LogP contribution in [0, 0.1) is 0 Å². The zero-order chi connectivity index (χ0) is 13.9. The highest BCUT2D eigenvalue weighted by Gasteiger charge is 2.31. The van der Waals surface area contributed by atoms with E-state index in [1.807, 2.05) is 0 Å². The molecule has 1 atom stereocenters. The molecule has 0 saturated heterocycles. The van der Waals surface area contributed by atoms with E-state index in [-0.39, 0.29) is 12.0 Å². The van der Waals surface area contributed by atoms with E-state index in [0.29, 0.717) is 18.7 Å². The van der Waals surface area contributed by atoms with E-state index in [1.165, 1.54) is 6.07 Å². The molecule has 3 nitrogen and oxygen atoms in total. The summed E-state index contributed by atoms with van der Waals surface area (Å²) in [6.45, 7) is 1.05. The third-order valence-electron chi connectivity index (χ3n) is 2.88. The number of hydrogen-bond donors (Lipinski definition) is 1. The van der Waals surface area contributed by atoms with Gasteiger partial charge in [0.1, 0.15) is 6.10 Å². The van der Waals surface area contributed by atoms with Crippen molar-refractivity contribution in [1.82, 2.24) is 0 Å². The fraction of sp³-hybridized carbons (Fsp3) is 0.462. The summed E-state index contributed by atoms with van der Waals surface area (Å²) in [6, 6.07) is 5.02. The molecule has 0 aromatic heterocycles. The van der Waals surface area contributed by atoms with Crippen LogP contribution in [0.1, 0.15) is 24.0 Å². The van der Waals surface area contributed by atoms with Gasteiger partial charge >= 0.3 is 6.18 Å². The van der Waals surface area contributed by atoms with Gasteiger partial charge in [-0.2, -0.15) is 13.2 Å². The Hall–Kier alpha value is -1.56. The highest BCUT2D eigenvalue weighted by molar-refractivity contribution is 5.95. The molecule has 1 aliphatic rings. The second kappa shape index (κ2) is 5.61. The molecule has 1 heterocycles. The van der Waals surface area contributed by atoms with Crippen LogP contribution in [-0.2, 0) is 10.9 Å². The van der Waals surface area contributed by atoms with Crippen LogP contribution in [0.15, 0.2) is 29.3 Å². The zero-order valence-corrected chi connectivity index (χ0v) is 10.3. The first-order valence-electron chi connectivity index (χ1n) is 6.09. The summed E-state index contributed by atoms with van der Waals surface area (Å²) in [5.41, 5.74) is 5.08. The van der Waals surface area contributed by atoms with Gasteiger partial charge < -0.3 is 10.5 Å². The maximum Gasteiger partial charge on any atom is 0.416 e. The Balaban J connectivity index is 2.08. The van der Waals surface area contributed by atoms with Gasteiger partial charge in [0.15, 0.2) is 0 Å². The Morgan fingerprint density at radius 2 is 2.16 bits per heavy atom. The minimum Gasteiger partial charge on any atom is -0.472 e. The summed E-state index contributed by atoms with van der Waals surface area (Å²) in [4.78, 5) is 4.15. The van der Waals surface area contributed by atoms with E-state index in [0.717, 1.165) is 25.0 Å². The Bertz CT molecular complexity index is 471. The van der Waals surface area contributed by atoms with E-state index in [9.17, 15) is 13.2 Å². The fourth-order valence-electron chi connectivity index (χ4n) is 1.90. The number of ether oxygens (including phenoxy) is 1. The van der Waals surface area contributed by atoms with Crippen molar-refractivity contribution in [2.75, 3.05) is 13.1 Å². The van der Waals surface area contributed by atoms with Gasteiger partial charge in [0, 0.05) is 5.56 Å². The molecular formula is C13H15F3N2O. The molecule has 1 unspecified atom stereocenters. The SMILES string of the molecule is NCCCC1CN=C(c2cccc(C(F)(F)F)c2)O1. The second-order valence-corrected chi connectivity index (χ2v) is 4.40. The average Bonchev–Trinajstić information content (AvgIpc) is 2.84. The quantitative estimate of drug-likeness (QED) is 0.915. The largest absolute Gasteiger partial charge is 0.472 e. The molecule has 1 aromatic carbocycles. The predicted octanol–water partition coefficient (Wildman–Crippen LogP) is 2.59. The second-order valence-electron chi connectivity index (χ2n) is 4.40. The van der Waals surface area contributed by atoms with Crippen LogP contribution in [-0.4, -0.2) is 25.1 Å². The number of alkyl halides is 3. The Morgan fingerprint density at radius 3 is 2.84 bits per heavy atom. The van der Waals surface area contributed by atoms with Crippen LogP contribution in [0.5, 0.6) is 0 Å². The Kier molecular flexibility index (Phi) is 4.09. The number of nitrogens with zero attached hydrogens (tertiary/aromatic N) is 1. The number of benzene rings is 1. The Morgan fingerprint density at radius 1 is 1.37 bits per heavy atom. The molecule has 0 aliphatic carbocycles. The van der Waals surface area contributed by atoms with E-state index < -0.39 is 11.7 Å². The number of halogens is 3. The number of nitrogens with two attached hydrogens (primary N) is 1. The van der Waals surface area contributed by atoms with Crippen LogP contribution in [0.25, 0.3) is 0 Å². The third-order valence-corrected chi connectivity index (χ3v) is 2.88. The first kappa shape index (κ1) is 13.9.